The molecule has 3 rings (SSSR count). The third kappa shape index (κ3) is 2.46. The number of aryl methyl sites for hydroxylation is 1. The number of nitrogens with zero attached hydrogens (tertiary/aromatic N) is 1. The van der Waals surface area contributed by atoms with Crippen LogP contribution < -0.4 is 5.32 Å². The molecule has 0 unspecified atom stereocenters. The molecule has 0 saturated heterocycles. The summed E-state index contributed by atoms with van der Waals surface area (Å²) in [5.41, 5.74) is 1.89. The highest BCUT2D eigenvalue weighted by Gasteiger charge is 2.15. The SMILES string of the molecule is Cn1ccc2cccc(-c3ccc(C(=O)NCC(=O)O)o3)c21. The molecule has 2 N–H and O–H groups in total. The number of benzene rings is 1. The number of furan rings is 1. The van der Waals surface area contributed by atoms with E-state index >= 15 is 0 Å². The highest BCUT2D eigenvalue weighted by atomic mass is 16.4. The molecular weight excluding hydrogens is 284 g/mol. The molecule has 1 aromatic carbocycles. The van der Waals surface area contributed by atoms with Crippen molar-refractivity contribution < 1.29 is 19.1 Å². The molecule has 112 valence electrons. The maximum atomic E-state index is 11.8. The van der Waals surface area contributed by atoms with Gasteiger partial charge in [-0.3, -0.25) is 9.59 Å². The summed E-state index contributed by atoms with van der Waals surface area (Å²) in [6, 6.07) is 11.1. The van der Waals surface area contributed by atoms with Crippen molar-refractivity contribution >= 4 is 22.8 Å². The van der Waals surface area contributed by atoms with Crippen molar-refractivity contribution in [3.05, 3.63) is 48.4 Å². The lowest BCUT2D eigenvalue weighted by Crippen LogP contribution is -2.28. The van der Waals surface area contributed by atoms with Crippen LogP contribution in [0.5, 0.6) is 0 Å². The van der Waals surface area contributed by atoms with Crippen LogP contribution in [0.1, 0.15) is 10.6 Å². The molecule has 6 heteroatoms. The van der Waals surface area contributed by atoms with Crippen LogP contribution in [0.25, 0.3) is 22.2 Å². The molecule has 0 radical (unpaired) electrons. The second kappa shape index (κ2) is 5.40. The molecule has 0 aliphatic carbocycles. The van der Waals surface area contributed by atoms with Gasteiger partial charge in [-0.15, -0.1) is 0 Å². The summed E-state index contributed by atoms with van der Waals surface area (Å²) in [5, 5.41) is 11.9. The van der Waals surface area contributed by atoms with E-state index in [1.54, 1.807) is 6.07 Å². The smallest absolute Gasteiger partial charge is 0.322 e. The highest BCUT2D eigenvalue weighted by molar-refractivity contribution is 5.96. The predicted molar refractivity (Wildman–Crippen MR) is 80.6 cm³/mol. The van der Waals surface area contributed by atoms with Gasteiger partial charge in [-0.1, -0.05) is 12.1 Å². The summed E-state index contributed by atoms with van der Waals surface area (Å²) in [6.07, 6.45) is 1.96. The maximum absolute atomic E-state index is 11.8. The van der Waals surface area contributed by atoms with Crippen molar-refractivity contribution in [3.63, 3.8) is 0 Å². The van der Waals surface area contributed by atoms with Crippen LogP contribution in [-0.2, 0) is 11.8 Å². The largest absolute Gasteiger partial charge is 0.480 e. The van der Waals surface area contributed by atoms with Gasteiger partial charge in [0.1, 0.15) is 12.3 Å². The minimum Gasteiger partial charge on any atom is -0.480 e. The van der Waals surface area contributed by atoms with Gasteiger partial charge in [-0.05, 0) is 24.3 Å². The Morgan fingerprint density at radius 2 is 2.05 bits per heavy atom. The van der Waals surface area contributed by atoms with Crippen molar-refractivity contribution in [2.75, 3.05) is 6.54 Å². The fourth-order valence-electron chi connectivity index (χ4n) is 2.40. The Bertz CT molecular complexity index is 860. The molecule has 22 heavy (non-hydrogen) atoms. The minimum absolute atomic E-state index is 0.0856. The average molecular weight is 298 g/mol. The molecular formula is C16H14N2O4. The lowest BCUT2D eigenvalue weighted by atomic mass is 10.1. The quantitative estimate of drug-likeness (QED) is 0.773. The number of carboxylic acids is 1. The van der Waals surface area contributed by atoms with E-state index in [1.165, 1.54) is 6.07 Å². The number of hydrogen-bond donors (Lipinski definition) is 2. The van der Waals surface area contributed by atoms with E-state index in [0.717, 1.165) is 16.5 Å². The number of aromatic nitrogens is 1. The van der Waals surface area contributed by atoms with Crippen molar-refractivity contribution in [1.29, 1.82) is 0 Å². The van der Waals surface area contributed by atoms with E-state index in [1.807, 2.05) is 42.1 Å². The van der Waals surface area contributed by atoms with Crippen molar-refractivity contribution in [1.82, 2.24) is 9.88 Å². The van der Waals surface area contributed by atoms with Gasteiger partial charge in [0.15, 0.2) is 5.76 Å². The first-order chi connectivity index (χ1) is 10.6. The zero-order valence-electron chi connectivity index (χ0n) is 11.9. The first-order valence-corrected chi connectivity index (χ1v) is 6.70. The third-order valence-corrected chi connectivity index (χ3v) is 3.39. The fourth-order valence-corrected chi connectivity index (χ4v) is 2.40. The summed E-state index contributed by atoms with van der Waals surface area (Å²) >= 11 is 0. The fraction of sp³-hybridized carbons (Fsp3) is 0.125. The van der Waals surface area contributed by atoms with Crippen LogP contribution in [0.3, 0.4) is 0 Å². The number of hydrogen-bond acceptors (Lipinski definition) is 3. The number of para-hydroxylation sites is 1. The summed E-state index contributed by atoms with van der Waals surface area (Å²) in [6.45, 7) is -0.442. The summed E-state index contributed by atoms with van der Waals surface area (Å²) in [7, 11) is 1.94. The number of carboxylic acid groups (broad SMARTS) is 1. The van der Waals surface area contributed by atoms with Gasteiger partial charge in [0.05, 0.1) is 5.52 Å². The molecule has 1 amide bonds. The number of nitrogens with one attached hydrogen (secondary N) is 1. The Labute approximate surface area is 126 Å². The number of rotatable bonds is 4. The van der Waals surface area contributed by atoms with E-state index in [2.05, 4.69) is 5.32 Å². The second-order valence-corrected chi connectivity index (χ2v) is 4.91. The van der Waals surface area contributed by atoms with Gasteiger partial charge in [-0.25, -0.2) is 0 Å². The minimum atomic E-state index is -1.10. The number of fused-ring (bicyclic) bond motifs is 1. The Hall–Kier alpha value is -3.02. The van der Waals surface area contributed by atoms with Gasteiger partial charge in [-0.2, -0.15) is 0 Å². The van der Waals surface area contributed by atoms with E-state index in [9.17, 15) is 9.59 Å². The molecule has 2 heterocycles. The standard InChI is InChI=1S/C16H14N2O4/c1-18-8-7-10-3-2-4-11(15(10)18)12-5-6-13(22-12)16(21)17-9-14(19)20/h2-8H,9H2,1H3,(H,17,21)(H,19,20). The Kier molecular flexibility index (Phi) is 3.42. The molecule has 0 fully saturated rings. The highest BCUT2D eigenvalue weighted by Crippen LogP contribution is 2.30. The first kappa shape index (κ1) is 13.9. The van der Waals surface area contributed by atoms with Crippen LogP contribution in [0.2, 0.25) is 0 Å². The van der Waals surface area contributed by atoms with Gasteiger partial charge in [0.2, 0.25) is 0 Å². The molecule has 6 nitrogen and oxygen atoms in total. The lowest BCUT2D eigenvalue weighted by molar-refractivity contribution is -0.135. The van der Waals surface area contributed by atoms with Crippen LogP contribution in [0.15, 0.2) is 47.0 Å². The van der Waals surface area contributed by atoms with Gasteiger partial charge < -0.3 is 19.4 Å². The summed E-state index contributed by atoms with van der Waals surface area (Å²) in [4.78, 5) is 22.3. The molecule has 0 aliphatic rings. The maximum Gasteiger partial charge on any atom is 0.322 e. The molecule has 0 bridgehead atoms. The second-order valence-electron chi connectivity index (χ2n) is 4.91. The van der Waals surface area contributed by atoms with Crippen molar-refractivity contribution in [3.8, 4) is 11.3 Å². The number of carbonyl (C=O) groups is 2. The van der Waals surface area contributed by atoms with Crippen molar-refractivity contribution in [2.24, 2.45) is 7.05 Å². The zero-order valence-corrected chi connectivity index (χ0v) is 11.9. The molecule has 3 aromatic rings. The van der Waals surface area contributed by atoms with E-state index in [-0.39, 0.29) is 5.76 Å². The number of amides is 1. The monoisotopic (exact) mass is 298 g/mol. The predicted octanol–water partition coefficient (Wildman–Crippen LogP) is 2.25. The normalized spacial score (nSPS) is 10.8. The van der Waals surface area contributed by atoms with Crippen LogP contribution in [-0.4, -0.2) is 28.1 Å². The van der Waals surface area contributed by atoms with Gasteiger partial charge >= 0.3 is 5.97 Å². The Morgan fingerprint density at radius 3 is 2.82 bits per heavy atom. The van der Waals surface area contributed by atoms with Crippen LogP contribution in [0.4, 0.5) is 0 Å². The summed E-state index contributed by atoms with van der Waals surface area (Å²) in [5.74, 6) is -1.00. The topological polar surface area (TPSA) is 84.5 Å². The average Bonchev–Trinajstić information content (AvgIpc) is 3.12. The molecule has 0 saturated carbocycles. The lowest BCUT2D eigenvalue weighted by Gasteiger charge is -2.03. The van der Waals surface area contributed by atoms with E-state index in [0.29, 0.717) is 5.76 Å². The third-order valence-electron chi connectivity index (χ3n) is 3.39. The number of carbonyl (C=O) groups excluding carboxylic acids is 1. The zero-order chi connectivity index (χ0) is 15.7. The Morgan fingerprint density at radius 1 is 1.23 bits per heavy atom. The molecule has 0 atom stereocenters. The first-order valence-electron chi connectivity index (χ1n) is 6.70. The van der Waals surface area contributed by atoms with E-state index < -0.39 is 18.4 Å². The summed E-state index contributed by atoms with van der Waals surface area (Å²) < 4.78 is 7.56. The van der Waals surface area contributed by atoms with Crippen molar-refractivity contribution in [2.45, 2.75) is 0 Å². The number of aliphatic carboxylic acids is 1. The Balaban J connectivity index is 1.94. The van der Waals surface area contributed by atoms with Gasteiger partial charge in [0, 0.05) is 24.2 Å². The van der Waals surface area contributed by atoms with Crippen LogP contribution in [0, 0.1) is 0 Å². The molecule has 2 aromatic heterocycles. The van der Waals surface area contributed by atoms with Gasteiger partial charge in [0.25, 0.3) is 5.91 Å². The van der Waals surface area contributed by atoms with Crippen LogP contribution >= 0.6 is 0 Å². The molecule has 0 spiro atoms. The van der Waals surface area contributed by atoms with E-state index in [4.69, 9.17) is 9.52 Å². The molecule has 0 aliphatic heterocycles.